The minimum absolute atomic E-state index is 0.0178. The van der Waals surface area contributed by atoms with Crippen LogP contribution in [0.5, 0.6) is 0 Å². The molecule has 0 aromatic carbocycles. The fraction of sp³-hybridized carbons (Fsp3) is 0.929. The smallest absolute Gasteiger partial charge is 0.326 e. The van der Waals surface area contributed by atoms with Gasteiger partial charge in [0.15, 0.2) is 0 Å². The van der Waals surface area contributed by atoms with Crippen LogP contribution in [0.4, 0.5) is 0 Å². The van der Waals surface area contributed by atoms with Gasteiger partial charge in [-0.15, -0.1) is 0 Å². The summed E-state index contributed by atoms with van der Waals surface area (Å²) in [7, 11) is 1.64. The molecule has 1 N–H and O–H groups in total. The molecule has 0 bridgehead atoms. The fourth-order valence-electron chi connectivity index (χ4n) is 2.14. The molecule has 1 rings (SSSR count). The molecule has 5 heteroatoms. The average molecular weight is 273 g/mol. The minimum atomic E-state index is -0.663. The van der Waals surface area contributed by atoms with Crippen LogP contribution in [0.1, 0.15) is 40.0 Å². The van der Waals surface area contributed by atoms with Gasteiger partial charge in [0.25, 0.3) is 0 Å². The van der Waals surface area contributed by atoms with Crippen molar-refractivity contribution in [1.29, 1.82) is 0 Å². The molecule has 1 aliphatic carbocycles. The van der Waals surface area contributed by atoms with Gasteiger partial charge in [-0.3, -0.25) is 10.1 Å². The quantitative estimate of drug-likeness (QED) is 0.483. The molecule has 0 aromatic heterocycles. The Kier molecular flexibility index (Phi) is 6.75. The van der Waals surface area contributed by atoms with Gasteiger partial charge in [-0.05, 0) is 33.6 Å². The van der Waals surface area contributed by atoms with E-state index >= 15 is 0 Å². The molecule has 1 fully saturated rings. The molecule has 0 amide bonds. The zero-order valence-corrected chi connectivity index (χ0v) is 12.5. The number of nitrogens with one attached hydrogen (secondary N) is 1. The third-order valence-electron chi connectivity index (χ3n) is 3.21. The molecule has 0 heterocycles. The molecule has 2 unspecified atom stereocenters. The van der Waals surface area contributed by atoms with Crippen LogP contribution in [0.25, 0.3) is 0 Å². The van der Waals surface area contributed by atoms with Crippen LogP contribution < -0.4 is 5.32 Å². The maximum atomic E-state index is 12.1. The summed E-state index contributed by atoms with van der Waals surface area (Å²) in [5.74, 6) is -0.191. The molecular formula is C14H27NO4. The van der Waals surface area contributed by atoms with E-state index in [1.54, 1.807) is 7.11 Å². The molecule has 2 atom stereocenters. The lowest BCUT2D eigenvalue weighted by molar-refractivity contribution is -0.152. The van der Waals surface area contributed by atoms with Gasteiger partial charge in [-0.2, -0.15) is 0 Å². The summed E-state index contributed by atoms with van der Waals surface area (Å²) in [5.41, 5.74) is -0.663. The van der Waals surface area contributed by atoms with Crippen molar-refractivity contribution in [2.75, 3.05) is 26.9 Å². The highest BCUT2D eigenvalue weighted by Gasteiger charge is 2.40. The van der Waals surface area contributed by atoms with Crippen molar-refractivity contribution < 1.29 is 19.0 Å². The second-order valence-corrected chi connectivity index (χ2v) is 5.35. The van der Waals surface area contributed by atoms with Crippen LogP contribution in [0.2, 0.25) is 0 Å². The number of esters is 1. The van der Waals surface area contributed by atoms with Crippen molar-refractivity contribution in [1.82, 2.24) is 5.32 Å². The summed E-state index contributed by atoms with van der Waals surface area (Å²) in [6, 6.07) is 0.445. The summed E-state index contributed by atoms with van der Waals surface area (Å²) < 4.78 is 15.8. The Morgan fingerprint density at radius 2 is 2.11 bits per heavy atom. The molecule has 19 heavy (non-hydrogen) atoms. The van der Waals surface area contributed by atoms with Gasteiger partial charge >= 0.3 is 5.97 Å². The van der Waals surface area contributed by atoms with Crippen LogP contribution >= 0.6 is 0 Å². The number of hydrogen-bond donors (Lipinski definition) is 1. The summed E-state index contributed by atoms with van der Waals surface area (Å²) in [4.78, 5) is 12.1. The second kappa shape index (κ2) is 7.82. The van der Waals surface area contributed by atoms with Crippen LogP contribution in [0, 0.1) is 0 Å². The highest BCUT2D eigenvalue weighted by molar-refractivity contribution is 5.80. The van der Waals surface area contributed by atoms with E-state index in [1.165, 1.54) is 0 Å². The summed E-state index contributed by atoms with van der Waals surface area (Å²) >= 11 is 0. The number of rotatable bonds is 10. The zero-order chi connectivity index (χ0) is 14.3. The topological polar surface area (TPSA) is 56.8 Å². The van der Waals surface area contributed by atoms with Crippen molar-refractivity contribution >= 4 is 5.97 Å². The number of ether oxygens (including phenoxy) is 3. The Morgan fingerprint density at radius 3 is 2.63 bits per heavy atom. The molecule has 112 valence electrons. The molecule has 1 aliphatic rings. The Morgan fingerprint density at radius 1 is 1.42 bits per heavy atom. The lowest BCUT2D eigenvalue weighted by atomic mass is 9.94. The van der Waals surface area contributed by atoms with E-state index in [-0.39, 0.29) is 12.1 Å². The largest absolute Gasteiger partial charge is 0.465 e. The summed E-state index contributed by atoms with van der Waals surface area (Å²) in [6.45, 7) is 7.21. The van der Waals surface area contributed by atoms with Gasteiger partial charge in [0.05, 0.1) is 25.9 Å². The summed E-state index contributed by atoms with van der Waals surface area (Å²) in [5, 5.41) is 3.39. The molecule has 0 aliphatic heterocycles. The Bertz CT molecular complexity index is 281. The summed E-state index contributed by atoms with van der Waals surface area (Å²) in [6.07, 6.45) is 2.85. The number of hydrogen-bond acceptors (Lipinski definition) is 5. The van der Waals surface area contributed by atoms with Gasteiger partial charge in [-0.25, -0.2) is 0 Å². The highest BCUT2D eigenvalue weighted by Crippen LogP contribution is 2.26. The zero-order valence-electron chi connectivity index (χ0n) is 12.5. The first kappa shape index (κ1) is 16.4. The molecule has 1 saturated carbocycles. The predicted molar refractivity (Wildman–Crippen MR) is 73.1 cm³/mol. The van der Waals surface area contributed by atoms with Gasteiger partial charge < -0.3 is 14.2 Å². The van der Waals surface area contributed by atoms with E-state index in [1.807, 2.05) is 20.8 Å². The SMILES string of the molecule is CCOC(=O)C(C)(CC(C)OCCOC)NC1CC1. The van der Waals surface area contributed by atoms with Gasteiger partial charge in [0, 0.05) is 19.6 Å². The van der Waals surface area contributed by atoms with Crippen molar-refractivity contribution in [2.45, 2.75) is 57.7 Å². The van der Waals surface area contributed by atoms with Crippen molar-refractivity contribution in [3.8, 4) is 0 Å². The molecule has 0 aromatic rings. The van der Waals surface area contributed by atoms with Crippen molar-refractivity contribution in [3.05, 3.63) is 0 Å². The maximum Gasteiger partial charge on any atom is 0.326 e. The van der Waals surface area contributed by atoms with Crippen LogP contribution in [0.15, 0.2) is 0 Å². The fourth-order valence-corrected chi connectivity index (χ4v) is 2.14. The highest BCUT2D eigenvalue weighted by atomic mass is 16.5. The normalized spacial score (nSPS) is 19.8. The van der Waals surface area contributed by atoms with E-state index < -0.39 is 5.54 Å². The predicted octanol–water partition coefficient (Wildman–Crippen LogP) is 1.50. The molecule has 0 radical (unpaired) electrons. The minimum Gasteiger partial charge on any atom is -0.465 e. The Balaban J connectivity index is 2.49. The molecule has 0 spiro atoms. The van der Waals surface area contributed by atoms with Gasteiger partial charge in [0.1, 0.15) is 5.54 Å². The number of methoxy groups -OCH3 is 1. The van der Waals surface area contributed by atoms with Crippen molar-refractivity contribution in [2.24, 2.45) is 0 Å². The monoisotopic (exact) mass is 273 g/mol. The lowest BCUT2D eigenvalue weighted by Crippen LogP contribution is -2.53. The second-order valence-electron chi connectivity index (χ2n) is 5.35. The third-order valence-corrected chi connectivity index (χ3v) is 3.21. The first-order chi connectivity index (χ1) is 9.01. The van der Waals surface area contributed by atoms with Crippen LogP contribution in [-0.2, 0) is 19.0 Å². The van der Waals surface area contributed by atoms with Gasteiger partial charge in [0.2, 0.25) is 0 Å². The van der Waals surface area contributed by atoms with E-state index in [2.05, 4.69) is 5.32 Å². The molecular weight excluding hydrogens is 246 g/mol. The van der Waals surface area contributed by atoms with E-state index in [0.717, 1.165) is 12.8 Å². The van der Waals surface area contributed by atoms with Crippen molar-refractivity contribution in [3.63, 3.8) is 0 Å². The first-order valence-corrected chi connectivity index (χ1v) is 7.07. The lowest BCUT2D eigenvalue weighted by Gasteiger charge is -2.31. The first-order valence-electron chi connectivity index (χ1n) is 7.07. The van der Waals surface area contributed by atoms with Gasteiger partial charge in [-0.1, -0.05) is 0 Å². The Labute approximate surface area is 116 Å². The Hall–Kier alpha value is -0.650. The molecule has 0 saturated heterocycles. The standard InChI is InChI=1S/C14H27NO4/c1-5-18-13(16)14(3,15-12-6-7-12)10-11(2)19-9-8-17-4/h11-12,15H,5-10H2,1-4H3. The molecule has 5 nitrogen and oxygen atoms in total. The van der Waals surface area contributed by atoms with E-state index in [9.17, 15) is 4.79 Å². The third kappa shape index (κ3) is 5.89. The van der Waals surface area contributed by atoms with Crippen LogP contribution in [-0.4, -0.2) is 50.6 Å². The van der Waals surface area contributed by atoms with Crippen LogP contribution in [0.3, 0.4) is 0 Å². The van der Waals surface area contributed by atoms with E-state index in [4.69, 9.17) is 14.2 Å². The number of carbonyl (C=O) groups is 1. The van der Waals surface area contributed by atoms with E-state index in [0.29, 0.717) is 32.3 Å². The number of carbonyl (C=O) groups excluding carboxylic acids is 1. The maximum absolute atomic E-state index is 12.1. The average Bonchev–Trinajstić information content (AvgIpc) is 3.13.